The van der Waals surface area contributed by atoms with Gasteiger partial charge < -0.3 is 0 Å². The van der Waals surface area contributed by atoms with E-state index in [1.807, 2.05) is 0 Å². The van der Waals surface area contributed by atoms with Gasteiger partial charge in [0.25, 0.3) is 0 Å². The van der Waals surface area contributed by atoms with Gasteiger partial charge in [0.05, 0.1) is 4.92 Å². The van der Waals surface area contributed by atoms with Crippen LogP contribution in [0.1, 0.15) is 61.8 Å². The summed E-state index contributed by atoms with van der Waals surface area (Å²) in [5.41, 5.74) is 0.594. The lowest BCUT2D eigenvalue weighted by Crippen LogP contribution is -2.20. The van der Waals surface area contributed by atoms with Crippen molar-refractivity contribution in [2.24, 2.45) is 0 Å². The largest absolute Gasteiger partial charge is 0.312 e. The summed E-state index contributed by atoms with van der Waals surface area (Å²) >= 11 is 1.37. The Hall–Kier alpha value is -2.36. The monoisotopic (exact) mass is 394 g/mol. The highest BCUT2D eigenvalue weighted by atomic mass is 32.1. The molecule has 10 heteroatoms. The van der Waals surface area contributed by atoms with Gasteiger partial charge in [-0.25, -0.2) is 0 Å². The molecule has 0 aliphatic rings. The van der Waals surface area contributed by atoms with Crippen LogP contribution in [0.3, 0.4) is 0 Å². The van der Waals surface area contributed by atoms with Crippen LogP contribution in [0, 0.1) is 24.0 Å². The maximum atomic E-state index is 12.2. The van der Waals surface area contributed by atoms with E-state index >= 15 is 0 Å². The van der Waals surface area contributed by atoms with Gasteiger partial charge in [-0.05, 0) is 20.3 Å². The fourth-order valence-electron chi connectivity index (χ4n) is 2.86. The Morgan fingerprint density at radius 2 is 1.89 bits per heavy atom. The molecule has 27 heavy (non-hydrogen) atoms. The van der Waals surface area contributed by atoms with Crippen molar-refractivity contribution in [3.05, 3.63) is 26.5 Å². The molecule has 148 valence electrons. The molecule has 0 spiro atoms. The second-order valence-corrected chi connectivity index (χ2v) is 7.56. The second-order valence-electron chi connectivity index (χ2n) is 6.50. The quantitative estimate of drug-likeness (QED) is 0.352. The normalized spacial score (nSPS) is 10.9. The van der Waals surface area contributed by atoms with E-state index in [0.717, 1.165) is 17.8 Å². The van der Waals surface area contributed by atoms with Gasteiger partial charge >= 0.3 is 5.69 Å². The lowest BCUT2D eigenvalue weighted by molar-refractivity contribution is -0.386. The van der Waals surface area contributed by atoms with E-state index in [1.165, 1.54) is 48.1 Å². The minimum Gasteiger partial charge on any atom is -0.299 e. The van der Waals surface area contributed by atoms with Crippen molar-refractivity contribution >= 4 is 28.1 Å². The Morgan fingerprint density at radius 3 is 2.56 bits per heavy atom. The highest BCUT2D eigenvalue weighted by molar-refractivity contribution is 7.15. The Balaban J connectivity index is 1.82. The lowest BCUT2D eigenvalue weighted by Gasteiger charge is -2.03. The van der Waals surface area contributed by atoms with Crippen LogP contribution in [-0.2, 0) is 17.8 Å². The Kier molecular flexibility index (Phi) is 7.83. The number of unbranched alkanes of at least 4 members (excludes halogenated alkanes) is 5. The van der Waals surface area contributed by atoms with Crippen LogP contribution < -0.4 is 5.32 Å². The molecule has 1 N–H and O–H groups in total. The highest BCUT2D eigenvalue weighted by Crippen LogP contribution is 2.22. The van der Waals surface area contributed by atoms with Crippen molar-refractivity contribution in [3.8, 4) is 0 Å². The lowest BCUT2D eigenvalue weighted by atomic mass is 10.1. The molecule has 0 unspecified atom stereocenters. The highest BCUT2D eigenvalue weighted by Gasteiger charge is 2.23. The van der Waals surface area contributed by atoms with E-state index in [-0.39, 0.29) is 18.1 Å². The number of aromatic nitrogens is 4. The zero-order valence-electron chi connectivity index (χ0n) is 16.0. The van der Waals surface area contributed by atoms with Gasteiger partial charge in [0.15, 0.2) is 0 Å². The van der Waals surface area contributed by atoms with Crippen molar-refractivity contribution < 1.29 is 9.72 Å². The van der Waals surface area contributed by atoms with Crippen molar-refractivity contribution in [1.82, 2.24) is 20.0 Å². The van der Waals surface area contributed by atoms with Crippen LogP contribution >= 0.6 is 11.3 Å². The molecule has 2 aromatic rings. The first kappa shape index (κ1) is 20.9. The number of nitrogens with one attached hydrogen (secondary N) is 1. The molecule has 0 fully saturated rings. The number of carbonyl (C=O) groups excluding carboxylic acids is 1. The van der Waals surface area contributed by atoms with E-state index in [1.54, 1.807) is 13.8 Å². The van der Waals surface area contributed by atoms with Crippen LogP contribution in [0.25, 0.3) is 0 Å². The first-order chi connectivity index (χ1) is 12.9. The van der Waals surface area contributed by atoms with E-state index in [9.17, 15) is 14.9 Å². The SMILES string of the molecule is CCCCCCCCc1nnc(NC(=O)Cn2nc(C)c([N+](=O)[O-])c2C)s1. The predicted molar refractivity (Wildman–Crippen MR) is 104 cm³/mol. The Bertz CT molecular complexity index is 786. The zero-order valence-corrected chi connectivity index (χ0v) is 16.8. The smallest absolute Gasteiger partial charge is 0.299 e. The van der Waals surface area contributed by atoms with E-state index in [2.05, 4.69) is 27.5 Å². The van der Waals surface area contributed by atoms with Crippen molar-refractivity contribution in [1.29, 1.82) is 0 Å². The molecule has 9 nitrogen and oxygen atoms in total. The topological polar surface area (TPSA) is 116 Å². The average molecular weight is 395 g/mol. The summed E-state index contributed by atoms with van der Waals surface area (Å²) in [6.45, 7) is 5.23. The summed E-state index contributed by atoms with van der Waals surface area (Å²) in [4.78, 5) is 22.7. The number of amides is 1. The van der Waals surface area contributed by atoms with E-state index in [0.29, 0.717) is 16.5 Å². The van der Waals surface area contributed by atoms with Gasteiger partial charge in [0.1, 0.15) is 22.9 Å². The summed E-state index contributed by atoms with van der Waals surface area (Å²) in [7, 11) is 0. The molecule has 2 heterocycles. The molecule has 0 aliphatic heterocycles. The second kappa shape index (κ2) is 10.1. The third-order valence-corrected chi connectivity index (χ3v) is 5.18. The fraction of sp³-hybridized carbons (Fsp3) is 0.647. The molecule has 0 aromatic carbocycles. The Morgan fingerprint density at radius 1 is 1.19 bits per heavy atom. The molecule has 2 rings (SSSR count). The zero-order chi connectivity index (χ0) is 19.8. The third-order valence-electron chi connectivity index (χ3n) is 4.28. The molecule has 0 atom stereocenters. The van der Waals surface area contributed by atoms with Gasteiger partial charge in [-0.3, -0.25) is 24.9 Å². The number of aryl methyl sites for hydroxylation is 2. The van der Waals surface area contributed by atoms with Crippen LogP contribution in [0.15, 0.2) is 0 Å². The van der Waals surface area contributed by atoms with Gasteiger partial charge in [-0.1, -0.05) is 50.4 Å². The molecule has 0 saturated heterocycles. The number of hydrogen-bond donors (Lipinski definition) is 1. The number of hydrogen-bond acceptors (Lipinski definition) is 7. The van der Waals surface area contributed by atoms with Gasteiger partial charge in [0, 0.05) is 6.42 Å². The molecule has 1 amide bonds. The molecule has 2 aromatic heterocycles. The molecular weight excluding hydrogens is 368 g/mol. The van der Waals surface area contributed by atoms with Crippen molar-refractivity contribution in [3.63, 3.8) is 0 Å². The van der Waals surface area contributed by atoms with Crippen LogP contribution in [0.5, 0.6) is 0 Å². The minimum absolute atomic E-state index is 0.0556. The van der Waals surface area contributed by atoms with Crippen LogP contribution in [-0.4, -0.2) is 30.8 Å². The maximum Gasteiger partial charge on any atom is 0.312 e. The molecule has 0 radical (unpaired) electrons. The van der Waals surface area contributed by atoms with E-state index in [4.69, 9.17) is 0 Å². The third kappa shape index (κ3) is 6.09. The number of carbonyl (C=O) groups is 1. The first-order valence-corrected chi connectivity index (χ1v) is 10.0. The fourth-order valence-corrected chi connectivity index (χ4v) is 3.66. The van der Waals surface area contributed by atoms with Crippen molar-refractivity contribution in [2.45, 2.75) is 72.3 Å². The minimum atomic E-state index is -0.481. The van der Waals surface area contributed by atoms with E-state index < -0.39 is 4.92 Å². The number of anilines is 1. The maximum absolute atomic E-state index is 12.2. The standard InChI is InChI=1S/C17H26N6O3S/c1-4-5-6-7-8-9-10-15-19-20-17(27-15)18-14(24)11-22-13(3)16(23(25)26)12(2)21-22/h4-11H2,1-3H3,(H,18,20,24). The number of nitrogens with zero attached hydrogens (tertiary/aromatic N) is 5. The van der Waals surface area contributed by atoms with Gasteiger partial charge in [-0.15, -0.1) is 10.2 Å². The summed E-state index contributed by atoms with van der Waals surface area (Å²) in [6.07, 6.45) is 8.16. The predicted octanol–water partition coefficient (Wildman–Crippen LogP) is 3.80. The van der Waals surface area contributed by atoms with Gasteiger partial charge in [-0.2, -0.15) is 5.10 Å². The summed E-state index contributed by atoms with van der Waals surface area (Å²) in [5, 5.41) is 27.2. The average Bonchev–Trinajstić information content (AvgIpc) is 3.15. The summed E-state index contributed by atoms with van der Waals surface area (Å²) in [6, 6.07) is 0. The number of nitro groups is 1. The van der Waals surface area contributed by atoms with Crippen molar-refractivity contribution in [2.75, 3.05) is 5.32 Å². The van der Waals surface area contributed by atoms with Crippen LogP contribution in [0.4, 0.5) is 10.8 Å². The summed E-state index contributed by atoms with van der Waals surface area (Å²) in [5.74, 6) is -0.335. The summed E-state index contributed by atoms with van der Waals surface area (Å²) < 4.78 is 1.33. The molecule has 0 saturated carbocycles. The Labute approximate surface area is 162 Å². The first-order valence-electron chi connectivity index (χ1n) is 9.23. The molecular formula is C17H26N6O3S. The molecule has 0 bridgehead atoms. The van der Waals surface area contributed by atoms with Gasteiger partial charge in [0.2, 0.25) is 11.0 Å². The number of rotatable bonds is 11. The van der Waals surface area contributed by atoms with Crippen LogP contribution in [0.2, 0.25) is 0 Å². The molecule has 0 aliphatic carbocycles.